The van der Waals surface area contributed by atoms with Crippen molar-refractivity contribution in [1.82, 2.24) is 26.2 Å². The number of Topliss-reactive ketones (excluding diaryl/α,β-unsaturated/α-hetero) is 1. The van der Waals surface area contributed by atoms with Crippen LogP contribution in [0.1, 0.15) is 61.3 Å². The van der Waals surface area contributed by atoms with E-state index < -0.39 is 84.0 Å². The highest BCUT2D eigenvalue weighted by molar-refractivity contribution is 6.38. The Hall–Kier alpha value is -3.65. The minimum absolute atomic E-state index is 0.112. The predicted molar refractivity (Wildman–Crippen MR) is 154 cm³/mol. The molecule has 0 radical (unpaired) electrons. The fraction of sp³-hybridized carbons (Fsp3) is 0.724. The van der Waals surface area contributed by atoms with Crippen LogP contribution in [0.25, 0.3) is 0 Å². The molecule has 1 heterocycles. The van der Waals surface area contributed by atoms with Gasteiger partial charge in [-0.25, -0.2) is 4.79 Å². The maximum Gasteiger partial charge on any atom is 0.389 e. The number of nitrogens with one attached hydrogen (secondary N) is 4. The number of hydrogen-bond acceptors (Lipinski definition) is 6. The summed E-state index contributed by atoms with van der Waals surface area (Å²) in [6.07, 6.45) is -5.69. The van der Waals surface area contributed by atoms with Gasteiger partial charge < -0.3 is 31.9 Å². The number of alkyl halides is 3. The average molecular weight is 631 g/mol. The summed E-state index contributed by atoms with van der Waals surface area (Å²) in [4.78, 5) is 78.8. The highest BCUT2D eigenvalue weighted by atomic mass is 19.4. The van der Waals surface area contributed by atoms with Gasteiger partial charge in [-0.15, -0.1) is 6.58 Å². The number of likely N-dealkylation sites (tertiary alicyclic amines) is 1. The highest BCUT2D eigenvalue weighted by Crippen LogP contribution is 2.65. The molecule has 1 unspecified atom stereocenters. The van der Waals surface area contributed by atoms with E-state index in [1.807, 2.05) is 13.8 Å². The van der Waals surface area contributed by atoms with Crippen molar-refractivity contribution < 1.29 is 41.9 Å². The van der Waals surface area contributed by atoms with E-state index >= 15 is 0 Å². The van der Waals surface area contributed by atoms with E-state index in [2.05, 4.69) is 27.8 Å². The Morgan fingerprint density at radius 1 is 1.05 bits per heavy atom. The molecule has 0 aromatic heterocycles. The molecule has 6 atom stereocenters. The number of primary amides is 1. The Balaban J connectivity index is 2.36. The van der Waals surface area contributed by atoms with Crippen molar-refractivity contribution in [3.05, 3.63) is 12.7 Å². The van der Waals surface area contributed by atoms with Crippen LogP contribution in [0.3, 0.4) is 0 Å². The van der Waals surface area contributed by atoms with Crippen LogP contribution >= 0.6 is 0 Å². The number of halogens is 3. The standard InChI is InChI=1S/C29H45F3N6O6/c1-9-12-34-24(42)20(39)16(10-11-29(30,31)32)35-23(41)19-17-15(28(17,7)8)13-38(19)25(43)21(27(4,5)6)37-26(44)36-18(14(2)3)22(33)40/h9,14-19,21H,1,10-13H2,2-8H3,(H2,33,40)(H,34,42)(H,35,41)(H2,36,37,44)/t15-,16?,17-,18-,19-,21+/m0/s1. The van der Waals surface area contributed by atoms with Crippen LogP contribution in [0.15, 0.2) is 12.7 Å². The maximum absolute atomic E-state index is 14.0. The molecular weight excluding hydrogens is 585 g/mol. The number of hydrogen-bond donors (Lipinski definition) is 5. The number of fused-ring (bicyclic) bond motifs is 1. The van der Waals surface area contributed by atoms with Gasteiger partial charge in [0.05, 0.1) is 6.04 Å². The van der Waals surface area contributed by atoms with Gasteiger partial charge in [0.25, 0.3) is 5.91 Å². The van der Waals surface area contributed by atoms with Gasteiger partial charge in [-0.2, -0.15) is 13.2 Å². The molecule has 0 aromatic rings. The summed E-state index contributed by atoms with van der Waals surface area (Å²) in [5.74, 6) is -5.55. The number of nitrogens with two attached hydrogens (primary N) is 1. The average Bonchev–Trinajstić information content (AvgIpc) is 3.21. The van der Waals surface area contributed by atoms with Gasteiger partial charge in [-0.05, 0) is 35.0 Å². The molecule has 248 valence electrons. The Bertz CT molecular complexity index is 1170. The molecule has 1 saturated carbocycles. The number of rotatable bonds is 13. The molecule has 0 aromatic carbocycles. The SMILES string of the molecule is C=CCNC(=O)C(=O)C(CCC(F)(F)F)NC(=O)[C@@H]1[C@@H]2[C@H](CN1C(=O)[C@@H](NC(=O)N[C@H](C(N)=O)C(C)C)C(C)(C)C)C2(C)C. The molecule has 1 aliphatic carbocycles. The van der Waals surface area contributed by atoms with Gasteiger partial charge in [0.1, 0.15) is 18.1 Å². The quantitative estimate of drug-likeness (QED) is 0.152. The molecule has 15 heteroatoms. The zero-order valence-corrected chi connectivity index (χ0v) is 26.3. The number of nitrogens with zero attached hydrogens (tertiary/aromatic N) is 1. The van der Waals surface area contributed by atoms with Crippen LogP contribution in [0.4, 0.5) is 18.0 Å². The van der Waals surface area contributed by atoms with E-state index in [1.54, 1.807) is 34.6 Å². The van der Waals surface area contributed by atoms with Crippen molar-refractivity contribution in [3.63, 3.8) is 0 Å². The van der Waals surface area contributed by atoms with Crippen molar-refractivity contribution in [3.8, 4) is 0 Å². The van der Waals surface area contributed by atoms with Gasteiger partial charge >= 0.3 is 12.2 Å². The zero-order chi connectivity index (χ0) is 33.9. The third-order valence-corrected chi connectivity index (χ3v) is 8.39. The van der Waals surface area contributed by atoms with E-state index in [-0.39, 0.29) is 36.3 Å². The van der Waals surface area contributed by atoms with Crippen LogP contribution in [0.5, 0.6) is 0 Å². The number of carbonyl (C=O) groups excluding carboxylic acids is 6. The Morgan fingerprint density at radius 3 is 2.11 bits per heavy atom. The number of piperidine rings is 1. The molecule has 6 amide bonds. The van der Waals surface area contributed by atoms with Crippen molar-refractivity contribution in [2.75, 3.05) is 13.1 Å². The lowest BCUT2D eigenvalue weighted by Crippen LogP contribution is -2.62. The lowest BCUT2D eigenvalue weighted by molar-refractivity contribution is -0.148. The van der Waals surface area contributed by atoms with E-state index in [1.165, 1.54) is 11.0 Å². The summed E-state index contributed by atoms with van der Waals surface area (Å²) in [6.45, 7) is 15.6. The van der Waals surface area contributed by atoms with Crippen LogP contribution in [0, 0.1) is 28.6 Å². The largest absolute Gasteiger partial charge is 0.389 e. The smallest absolute Gasteiger partial charge is 0.368 e. The van der Waals surface area contributed by atoms with Crippen molar-refractivity contribution in [2.24, 2.45) is 34.3 Å². The molecule has 44 heavy (non-hydrogen) atoms. The molecule has 2 rings (SSSR count). The second-order valence-corrected chi connectivity index (χ2v) is 13.5. The topological polar surface area (TPSA) is 180 Å². The van der Waals surface area contributed by atoms with Gasteiger partial charge in [0.2, 0.25) is 23.5 Å². The predicted octanol–water partition coefficient (Wildman–Crippen LogP) is 1.39. The molecule has 1 saturated heterocycles. The van der Waals surface area contributed by atoms with Gasteiger partial charge in [0.15, 0.2) is 0 Å². The van der Waals surface area contributed by atoms with Crippen LogP contribution in [-0.4, -0.2) is 83.8 Å². The maximum atomic E-state index is 14.0. The molecule has 1 aliphatic heterocycles. The van der Waals surface area contributed by atoms with Crippen LogP contribution in [0.2, 0.25) is 0 Å². The van der Waals surface area contributed by atoms with E-state index in [9.17, 15) is 41.9 Å². The van der Waals surface area contributed by atoms with Crippen molar-refractivity contribution >= 4 is 35.4 Å². The van der Waals surface area contributed by atoms with E-state index in [0.29, 0.717) is 0 Å². The second kappa shape index (κ2) is 13.6. The molecule has 0 spiro atoms. The normalized spacial score (nSPS) is 22.6. The Labute approximate surface area is 255 Å². The Morgan fingerprint density at radius 2 is 1.64 bits per heavy atom. The second-order valence-electron chi connectivity index (χ2n) is 13.5. The summed E-state index contributed by atoms with van der Waals surface area (Å²) in [6, 6.07) is -6.00. The minimum Gasteiger partial charge on any atom is -0.368 e. The lowest BCUT2D eigenvalue weighted by Gasteiger charge is -2.38. The molecule has 0 bridgehead atoms. The lowest BCUT2D eigenvalue weighted by atomic mass is 9.85. The first kappa shape index (κ1) is 36.5. The Kier molecular flexibility index (Phi) is 11.3. The van der Waals surface area contributed by atoms with Gasteiger partial charge in [0, 0.05) is 19.5 Å². The number of urea groups is 1. The van der Waals surface area contributed by atoms with E-state index in [0.717, 1.165) is 0 Å². The highest BCUT2D eigenvalue weighted by Gasteiger charge is 2.70. The first-order valence-electron chi connectivity index (χ1n) is 14.5. The summed E-state index contributed by atoms with van der Waals surface area (Å²) in [5.41, 5.74) is 4.12. The van der Waals surface area contributed by atoms with Crippen LogP contribution in [-0.2, 0) is 24.0 Å². The first-order valence-corrected chi connectivity index (χ1v) is 14.5. The van der Waals surface area contributed by atoms with Gasteiger partial charge in [-0.3, -0.25) is 24.0 Å². The fourth-order valence-corrected chi connectivity index (χ4v) is 5.75. The molecule has 2 fully saturated rings. The summed E-state index contributed by atoms with van der Waals surface area (Å²) < 4.78 is 39.2. The minimum atomic E-state index is -4.66. The summed E-state index contributed by atoms with van der Waals surface area (Å²) >= 11 is 0. The van der Waals surface area contributed by atoms with Crippen LogP contribution < -0.4 is 27.0 Å². The molecular formula is C29H45F3N6O6. The molecule has 6 N–H and O–H groups in total. The van der Waals surface area contributed by atoms with Gasteiger partial charge in [-0.1, -0.05) is 54.5 Å². The summed E-state index contributed by atoms with van der Waals surface area (Å²) in [5, 5.41) is 9.59. The third-order valence-electron chi connectivity index (χ3n) is 8.39. The molecule has 12 nitrogen and oxygen atoms in total. The first-order chi connectivity index (χ1) is 20.0. The number of carbonyl (C=O) groups is 6. The zero-order valence-electron chi connectivity index (χ0n) is 26.3. The van der Waals surface area contributed by atoms with E-state index in [4.69, 9.17) is 5.73 Å². The number of ketones is 1. The fourth-order valence-electron chi connectivity index (χ4n) is 5.75. The van der Waals surface area contributed by atoms with Crippen molar-refractivity contribution in [1.29, 1.82) is 0 Å². The monoisotopic (exact) mass is 630 g/mol. The number of amides is 6. The summed E-state index contributed by atoms with van der Waals surface area (Å²) in [7, 11) is 0. The van der Waals surface area contributed by atoms with Crippen molar-refractivity contribution in [2.45, 2.75) is 91.7 Å². The third kappa shape index (κ3) is 8.72. The molecule has 2 aliphatic rings.